The van der Waals surface area contributed by atoms with Crippen LogP contribution < -0.4 is 4.90 Å². The van der Waals surface area contributed by atoms with Gasteiger partial charge in [-0.05, 0) is 70.0 Å². The summed E-state index contributed by atoms with van der Waals surface area (Å²) < 4.78 is 16.0. The van der Waals surface area contributed by atoms with Gasteiger partial charge in [-0.1, -0.05) is 6.07 Å². The lowest BCUT2D eigenvalue weighted by Gasteiger charge is -2.30. The molecule has 3 aromatic rings. The van der Waals surface area contributed by atoms with Gasteiger partial charge in [-0.15, -0.1) is 0 Å². The molecule has 1 aliphatic heterocycles. The molecule has 9 heteroatoms. The van der Waals surface area contributed by atoms with E-state index in [2.05, 4.69) is 28.8 Å². The first-order valence-electron chi connectivity index (χ1n) is 12.7. The number of hydrogen-bond donors (Lipinski definition) is 0. The number of aryl methyl sites for hydroxylation is 2. The number of nitrogens with zero attached hydrogens (tertiary/aromatic N) is 6. The Morgan fingerprint density at radius 1 is 1.00 bits per heavy atom. The molecule has 4 rings (SSSR count). The van der Waals surface area contributed by atoms with Crippen LogP contribution in [-0.2, 0) is 11.3 Å². The van der Waals surface area contributed by atoms with Crippen LogP contribution in [-0.4, -0.2) is 68.6 Å². The van der Waals surface area contributed by atoms with E-state index in [1.54, 1.807) is 38.9 Å². The summed E-state index contributed by atoms with van der Waals surface area (Å²) in [6, 6.07) is 10.3. The number of aromatic nitrogens is 3. The van der Waals surface area contributed by atoms with Crippen molar-refractivity contribution in [2.45, 2.75) is 53.6 Å². The molecule has 0 saturated carbocycles. The van der Waals surface area contributed by atoms with Crippen molar-refractivity contribution in [1.82, 2.24) is 24.6 Å². The first-order chi connectivity index (χ1) is 17.6. The molecule has 37 heavy (non-hydrogen) atoms. The Morgan fingerprint density at radius 2 is 1.78 bits per heavy atom. The summed E-state index contributed by atoms with van der Waals surface area (Å²) in [6.07, 6.45) is 2.33. The van der Waals surface area contributed by atoms with Gasteiger partial charge < -0.3 is 9.80 Å². The van der Waals surface area contributed by atoms with E-state index in [9.17, 15) is 14.0 Å². The minimum absolute atomic E-state index is 0.149. The zero-order chi connectivity index (χ0) is 26.7. The molecule has 0 radical (unpaired) electrons. The molecule has 1 aromatic carbocycles. The number of fused-ring (bicyclic) bond motifs is 1. The summed E-state index contributed by atoms with van der Waals surface area (Å²) in [4.78, 5) is 36.5. The van der Waals surface area contributed by atoms with Crippen LogP contribution in [0.25, 0.3) is 5.82 Å². The fraction of sp³-hybridized carbons (Fsp3) is 0.429. The first kappa shape index (κ1) is 26.5. The molecule has 2 amide bonds. The second kappa shape index (κ2) is 11.2. The molecule has 0 fully saturated rings. The maximum atomic E-state index is 14.3. The summed E-state index contributed by atoms with van der Waals surface area (Å²) in [5, 5.41) is 4.46. The number of anilines is 1. The molecule has 0 aliphatic carbocycles. The molecule has 0 N–H and O–H groups in total. The third-order valence-corrected chi connectivity index (χ3v) is 6.80. The normalized spacial score (nSPS) is 15.4. The third kappa shape index (κ3) is 6.05. The fourth-order valence-electron chi connectivity index (χ4n) is 4.82. The Hall–Kier alpha value is -3.59. The van der Waals surface area contributed by atoms with Gasteiger partial charge in [0.1, 0.15) is 5.82 Å². The van der Waals surface area contributed by atoms with E-state index in [1.165, 1.54) is 19.1 Å². The largest absolute Gasteiger partial charge is 0.333 e. The van der Waals surface area contributed by atoms with Crippen LogP contribution in [0.1, 0.15) is 54.5 Å². The van der Waals surface area contributed by atoms with E-state index in [-0.39, 0.29) is 24.4 Å². The molecular weight excluding hydrogens is 471 g/mol. The van der Waals surface area contributed by atoms with Gasteiger partial charge in [-0.2, -0.15) is 5.10 Å². The van der Waals surface area contributed by atoms with Gasteiger partial charge in [0, 0.05) is 57.6 Å². The average molecular weight is 507 g/mol. The van der Waals surface area contributed by atoms with Crippen molar-refractivity contribution in [2.75, 3.05) is 31.1 Å². The zero-order valence-electron chi connectivity index (χ0n) is 22.2. The van der Waals surface area contributed by atoms with E-state index in [0.29, 0.717) is 36.7 Å². The molecule has 0 atom stereocenters. The smallest absolute Gasteiger partial charge is 0.255 e. The molecule has 8 nitrogen and oxygen atoms in total. The van der Waals surface area contributed by atoms with Gasteiger partial charge in [-0.3, -0.25) is 14.5 Å². The van der Waals surface area contributed by atoms with E-state index >= 15 is 0 Å². The SMILES string of the molecule is CC(=O)N1CCCN(C(C)C)CCN(C(=O)c2ccc(-n3nc(C)cc3C)nc2)Cc2ccc(F)cc21. The lowest BCUT2D eigenvalue weighted by atomic mass is 10.1. The third-order valence-electron chi connectivity index (χ3n) is 6.80. The number of hydrogen-bond acceptors (Lipinski definition) is 5. The van der Waals surface area contributed by atoms with Crippen molar-refractivity contribution in [3.05, 3.63) is 70.9 Å². The van der Waals surface area contributed by atoms with Gasteiger partial charge in [0.15, 0.2) is 5.82 Å². The Labute approximate surface area is 217 Å². The highest BCUT2D eigenvalue weighted by molar-refractivity contribution is 5.95. The zero-order valence-corrected chi connectivity index (χ0v) is 22.2. The van der Waals surface area contributed by atoms with Crippen molar-refractivity contribution in [3.63, 3.8) is 0 Å². The number of benzene rings is 1. The topological polar surface area (TPSA) is 74.6 Å². The highest BCUT2D eigenvalue weighted by Crippen LogP contribution is 2.26. The molecule has 2 aromatic heterocycles. The van der Waals surface area contributed by atoms with E-state index in [1.807, 2.05) is 19.9 Å². The molecule has 0 unspecified atom stereocenters. The van der Waals surface area contributed by atoms with Crippen molar-refractivity contribution in [1.29, 1.82) is 0 Å². The van der Waals surface area contributed by atoms with Gasteiger partial charge in [0.2, 0.25) is 5.91 Å². The number of halogens is 1. The molecule has 1 aliphatic rings. The fourth-order valence-corrected chi connectivity index (χ4v) is 4.82. The minimum atomic E-state index is -0.412. The summed E-state index contributed by atoms with van der Waals surface area (Å²) in [7, 11) is 0. The monoisotopic (exact) mass is 506 g/mol. The van der Waals surface area contributed by atoms with Crippen molar-refractivity contribution >= 4 is 17.5 Å². The Kier molecular flexibility index (Phi) is 8.02. The van der Waals surface area contributed by atoms with E-state index < -0.39 is 5.82 Å². The molecule has 0 bridgehead atoms. The van der Waals surface area contributed by atoms with Crippen LogP contribution in [0.4, 0.5) is 10.1 Å². The number of amides is 2. The van der Waals surface area contributed by atoms with Gasteiger partial charge >= 0.3 is 0 Å². The molecule has 3 heterocycles. The Balaban J connectivity index is 1.68. The molecule has 0 saturated heterocycles. The summed E-state index contributed by atoms with van der Waals surface area (Å²) in [5.41, 5.74) is 3.57. The quantitative estimate of drug-likeness (QED) is 0.534. The lowest BCUT2D eigenvalue weighted by Crippen LogP contribution is -2.41. The van der Waals surface area contributed by atoms with Gasteiger partial charge in [-0.25, -0.2) is 14.1 Å². The van der Waals surface area contributed by atoms with Crippen LogP contribution in [0, 0.1) is 19.7 Å². The number of rotatable bonds is 3. The minimum Gasteiger partial charge on any atom is -0.333 e. The highest BCUT2D eigenvalue weighted by atomic mass is 19.1. The summed E-state index contributed by atoms with van der Waals surface area (Å²) >= 11 is 0. The number of pyridine rings is 1. The van der Waals surface area contributed by atoms with Gasteiger partial charge in [0.05, 0.1) is 16.9 Å². The van der Waals surface area contributed by atoms with Gasteiger partial charge in [0.25, 0.3) is 5.91 Å². The van der Waals surface area contributed by atoms with E-state index in [0.717, 1.165) is 29.9 Å². The van der Waals surface area contributed by atoms with Crippen LogP contribution in [0.3, 0.4) is 0 Å². The lowest BCUT2D eigenvalue weighted by molar-refractivity contribution is -0.116. The maximum Gasteiger partial charge on any atom is 0.255 e. The second-order valence-electron chi connectivity index (χ2n) is 9.90. The van der Waals surface area contributed by atoms with Crippen LogP contribution >= 0.6 is 0 Å². The van der Waals surface area contributed by atoms with Crippen LogP contribution in [0.5, 0.6) is 0 Å². The van der Waals surface area contributed by atoms with Crippen molar-refractivity contribution in [2.24, 2.45) is 0 Å². The highest BCUT2D eigenvalue weighted by Gasteiger charge is 2.24. The standard InChI is InChI=1S/C28H35FN6O2/c1-19(2)32-11-6-12-34(22(5)36)26-16-25(29)9-7-24(26)18-33(14-13-32)28(37)23-8-10-27(30-17-23)35-21(4)15-20(3)31-35/h7-10,15-17,19H,6,11-14,18H2,1-5H3. The Morgan fingerprint density at radius 3 is 2.41 bits per heavy atom. The number of carbonyl (C=O) groups is 2. The van der Waals surface area contributed by atoms with Crippen LogP contribution in [0.2, 0.25) is 0 Å². The summed E-state index contributed by atoms with van der Waals surface area (Å²) in [5.74, 6) is -0.0852. The molecular formula is C28H35FN6O2. The predicted octanol–water partition coefficient (Wildman–Crippen LogP) is 4.13. The summed E-state index contributed by atoms with van der Waals surface area (Å²) in [6.45, 7) is 12.3. The maximum absolute atomic E-state index is 14.3. The molecule has 0 spiro atoms. The van der Waals surface area contributed by atoms with E-state index in [4.69, 9.17) is 0 Å². The first-order valence-corrected chi connectivity index (χ1v) is 12.7. The van der Waals surface area contributed by atoms with Crippen molar-refractivity contribution < 1.29 is 14.0 Å². The number of carbonyl (C=O) groups excluding carboxylic acids is 2. The van der Waals surface area contributed by atoms with Crippen molar-refractivity contribution in [3.8, 4) is 5.82 Å². The predicted molar refractivity (Wildman–Crippen MR) is 141 cm³/mol. The molecule has 196 valence electrons. The second-order valence-corrected chi connectivity index (χ2v) is 9.90. The average Bonchev–Trinajstić information content (AvgIpc) is 3.18. The van der Waals surface area contributed by atoms with Crippen LogP contribution in [0.15, 0.2) is 42.6 Å². The Bertz CT molecular complexity index is 1270.